The van der Waals surface area contributed by atoms with Gasteiger partial charge in [0.2, 0.25) is 0 Å². The summed E-state index contributed by atoms with van der Waals surface area (Å²) in [6, 6.07) is 7.30. The van der Waals surface area contributed by atoms with Crippen molar-refractivity contribution in [1.82, 2.24) is 5.32 Å². The number of amides is 1. The highest BCUT2D eigenvalue weighted by Crippen LogP contribution is 2.18. The fourth-order valence-corrected chi connectivity index (χ4v) is 3.76. The number of ether oxygens (including phenoxy) is 1. The second-order valence-corrected chi connectivity index (χ2v) is 7.88. The highest BCUT2D eigenvalue weighted by atomic mass is 35.5. The van der Waals surface area contributed by atoms with Gasteiger partial charge in [0.05, 0.1) is 12.2 Å². The van der Waals surface area contributed by atoms with Gasteiger partial charge in [0.1, 0.15) is 0 Å². The van der Waals surface area contributed by atoms with Crippen LogP contribution in [0.5, 0.6) is 0 Å². The molecule has 1 atom stereocenters. The average molecular weight is 372 g/mol. The normalized spacial score (nSPS) is 18.3. The number of benzene rings is 1. The summed E-state index contributed by atoms with van der Waals surface area (Å²) in [5.41, 5.74) is 1.03. The van der Waals surface area contributed by atoms with Gasteiger partial charge in [0.15, 0.2) is 16.4 Å². The highest BCUT2D eigenvalue weighted by molar-refractivity contribution is 7.94. The van der Waals surface area contributed by atoms with E-state index in [1.165, 1.54) is 6.08 Å². The Hall–Kier alpha value is -1.86. The van der Waals surface area contributed by atoms with Gasteiger partial charge in [0, 0.05) is 22.9 Å². The lowest BCUT2D eigenvalue weighted by molar-refractivity contribution is -0.149. The van der Waals surface area contributed by atoms with Crippen LogP contribution in [0.25, 0.3) is 0 Å². The Balaban J connectivity index is 1.61. The Bertz CT molecular complexity index is 727. The molecule has 1 aromatic rings. The van der Waals surface area contributed by atoms with Crippen LogP contribution < -0.4 is 5.32 Å². The van der Waals surface area contributed by atoms with E-state index in [0.717, 1.165) is 11.0 Å². The fourth-order valence-electron chi connectivity index (χ4n) is 2.23. The summed E-state index contributed by atoms with van der Waals surface area (Å²) >= 11 is 5.79. The lowest BCUT2D eigenvalue weighted by atomic mass is 10.1. The highest BCUT2D eigenvalue weighted by Gasteiger charge is 2.24. The molecular weight excluding hydrogens is 354 g/mol. The summed E-state index contributed by atoms with van der Waals surface area (Å²) < 4.78 is 27.3. The number of nitrogens with one attached hydrogen (secondary N) is 1. The van der Waals surface area contributed by atoms with Crippen molar-refractivity contribution in [2.75, 3.05) is 18.9 Å². The maximum Gasteiger partial charge on any atom is 0.306 e. The second-order valence-electron chi connectivity index (χ2n) is 5.51. The van der Waals surface area contributed by atoms with Crippen LogP contribution in [0.15, 0.2) is 35.7 Å². The molecule has 0 bridgehead atoms. The molecule has 130 valence electrons. The van der Waals surface area contributed by atoms with Crippen LogP contribution >= 0.6 is 11.6 Å². The standard InChI is InChI=1S/C16H18ClNO5S/c17-14-3-1-12(2-4-14)5-7-18-15(19)10-23-16(20)9-13-6-8-24(21,22)11-13/h1-4,6,8,13H,5,7,9-11H2,(H,18,19). The molecule has 6 nitrogen and oxygen atoms in total. The van der Waals surface area contributed by atoms with Crippen LogP contribution in [0.2, 0.25) is 5.02 Å². The number of sulfone groups is 1. The van der Waals surface area contributed by atoms with Crippen LogP contribution in [0.1, 0.15) is 12.0 Å². The molecule has 0 radical (unpaired) electrons. The van der Waals surface area contributed by atoms with Crippen LogP contribution in [0.3, 0.4) is 0 Å². The molecule has 24 heavy (non-hydrogen) atoms. The SMILES string of the molecule is O=C(COC(=O)CC1C=CS(=O)(=O)C1)NCCc1ccc(Cl)cc1. The van der Waals surface area contributed by atoms with Gasteiger partial charge in [0.25, 0.3) is 5.91 Å². The van der Waals surface area contributed by atoms with Gasteiger partial charge in [-0.2, -0.15) is 0 Å². The van der Waals surface area contributed by atoms with Crippen molar-refractivity contribution in [3.05, 3.63) is 46.3 Å². The van der Waals surface area contributed by atoms with Crippen LogP contribution in [0, 0.1) is 5.92 Å². The van der Waals surface area contributed by atoms with E-state index in [9.17, 15) is 18.0 Å². The Morgan fingerprint density at radius 1 is 1.25 bits per heavy atom. The number of hydrogen-bond donors (Lipinski definition) is 1. The number of esters is 1. The molecular formula is C16H18ClNO5S. The average Bonchev–Trinajstić information content (AvgIpc) is 2.86. The summed E-state index contributed by atoms with van der Waals surface area (Å²) in [6.45, 7) is 0.0459. The van der Waals surface area contributed by atoms with E-state index >= 15 is 0 Å². The Morgan fingerprint density at radius 3 is 2.58 bits per heavy atom. The molecule has 0 spiro atoms. The molecule has 0 aliphatic carbocycles. The zero-order valence-electron chi connectivity index (χ0n) is 12.9. The van der Waals surface area contributed by atoms with Crippen molar-refractivity contribution in [3.63, 3.8) is 0 Å². The van der Waals surface area contributed by atoms with E-state index < -0.39 is 21.7 Å². The topological polar surface area (TPSA) is 89.5 Å². The Labute approximate surface area is 145 Å². The summed E-state index contributed by atoms with van der Waals surface area (Å²) in [6.07, 6.45) is 2.07. The number of carbonyl (C=O) groups excluding carboxylic acids is 2. The second kappa shape index (κ2) is 8.30. The van der Waals surface area contributed by atoms with Gasteiger partial charge in [-0.1, -0.05) is 29.8 Å². The fraction of sp³-hybridized carbons (Fsp3) is 0.375. The molecule has 2 rings (SSSR count). The van der Waals surface area contributed by atoms with E-state index in [1.807, 2.05) is 12.1 Å². The summed E-state index contributed by atoms with van der Waals surface area (Å²) in [5.74, 6) is -1.45. The van der Waals surface area contributed by atoms with Gasteiger partial charge in [-0.15, -0.1) is 0 Å². The minimum atomic E-state index is -3.19. The third-order valence-corrected chi connectivity index (χ3v) is 5.16. The molecule has 8 heteroatoms. The zero-order chi connectivity index (χ0) is 17.6. The first-order valence-electron chi connectivity index (χ1n) is 7.42. The smallest absolute Gasteiger partial charge is 0.306 e. The predicted octanol–water partition coefficient (Wildman–Crippen LogP) is 1.49. The van der Waals surface area contributed by atoms with Crippen molar-refractivity contribution < 1.29 is 22.7 Å². The number of rotatable bonds is 7. The first kappa shape index (κ1) is 18.5. The molecule has 0 saturated carbocycles. The molecule has 1 aromatic carbocycles. The lowest BCUT2D eigenvalue weighted by Gasteiger charge is -2.08. The minimum absolute atomic E-state index is 0.0478. The quantitative estimate of drug-likeness (QED) is 0.733. The molecule has 0 aromatic heterocycles. The zero-order valence-corrected chi connectivity index (χ0v) is 14.5. The third-order valence-electron chi connectivity index (χ3n) is 3.45. The van der Waals surface area contributed by atoms with Gasteiger partial charge >= 0.3 is 5.97 Å². The first-order chi connectivity index (χ1) is 11.3. The molecule has 1 amide bonds. The molecule has 0 fully saturated rings. The van der Waals surface area contributed by atoms with Crippen LogP contribution in [-0.4, -0.2) is 39.2 Å². The van der Waals surface area contributed by atoms with Crippen molar-refractivity contribution in [1.29, 1.82) is 0 Å². The molecule has 1 aliphatic heterocycles. The minimum Gasteiger partial charge on any atom is -0.456 e. The van der Waals surface area contributed by atoms with Gasteiger partial charge in [-0.05, 0) is 24.1 Å². The lowest BCUT2D eigenvalue weighted by Crippen LogP contribution is -2.30. The van der Waals surface area contributed by atoms with Gasteiger partial charge < -0.3 is 10.1 Å². The van der Waals surface area contributed by atoms with Crippen molar-refractivity contribution in [3.8, 4) is 0 Å². The van der Waals surface area contributed by atoms with Crippen molar-refractivity contribution in [2.24, 2.45) is 5.92 Å². The summed E-state index contributed by atoms with van der Waals surface area (Å²) in [4.78, 5) is 23.2. The molecule has 1 aliphatic rings. The monoisotopic (exact) mass is 371 g/mol. The maximum absolute atomic E-state index is 11.6. The number of carbonyl (C=O) groups is 2. The summed E-state index contributed by atoms with van der Waals surface area (Å²) in [5, 5.41) is 4.41. The van der Waals surface area contributed by atoms with E-state index in [-0.39, 0.29) is 24.7 Å². The van der Waals surface area contributed by atoms with Gasteiger partial charge in [-0.25, -0.2) is 8.42 Å². The first-order valence-corrected chi connectivity index (χ1v) is 9.51. The third kappa shape index (κ3) is 6.33. The molecule has 1 heterocycles. The van der Waals surface area contributed by atoms with Crippen LogP contribution in [0.4, 0.5) is 0 Å². The number of hydrogen-bond acceptors (Lipinski definition) is 5. The maximum atomic E-state index is 11.6. The van der Waals surface area contributed by atoms with Crippen molar-refractivity contribution in [2.45, 2.75) is 12.8 Å². The van der Waals surface area contributed by atoms with E-state index in [1.54, 1.807) is 12.1 Å². The van der Waals surface area contributed by atoms with E-state index in [2.05, 4.69) is 5.32 Å². The summed E-state index contributed by atoms with van der Waals surface area (Å²) in [7, 11) is -3.19. The van der Waals surface area contributed by atoms with Crippen LogP contribution in [-0.2, 0) is 30.6 Å². The largest absolute Gasteiger partial charge is 0.456 e. The van der Waals surface area contributed by atoms with Gasteiger partial charge in [-0.3, -0.25) is 9.59 Å². The Morgan fingerprint density at radius 2 is 1.96 bits per heavy atom. The number of allylic oxidation sites excluding steroid dienone is 1. The van der Waals surface area contributed by atoms with E-state index in [0.29, 0.717) is 18.0 Å². The Kier molecular flexibility index (Phi) is 6.39. The molecule has 1 N–H and O–H groups in total. The molecule has 0 saturated heterocycles. The molecule has 1 unspecified atom stereocenters. The van der Waals surface area contributed by atoms with E-state index in [4.69, 9.17) is 16.3 Å². The predicted molar refractivity (Wildman–Crippen MR) is 90.2 cm³/mol. The number of halogens is 1. The van der Waals surface area contributed by atoms with Crippen molar-refractivity contribution >= 4 is 33.3 Å².